The molecule has 0 aromatic carbocycles. The molecule has 23 heavy (non-hydrogen) atoms. The number of aromatic nitrogens is 3. The molecule has 3 rings (SSSR count). The van der Waals surface area contributed by atoms with E-state index in [1.165, 1.54) is 0 Å². The van der Waals surface area contributed by atoms with E-state index < -0.39 is 0 Å². The molecule has 0 aliphatic carbocycles. The van der Waals surface area contributed by atoms with E-state index in [0.29, 0.717) is 18.9 Å². The van der Waals surface area contributed by atoms with Crippen molar-refractivity contribution in [1.82, 2.24) is 24.9 Å². The molecule has 0 spiro atoms. The molecular weight excluding hydrogens is 314 g/mol. The minimum Gasteiger partial charge on any atom is -0.340 e. The van der Waals surface area contributed by atoms with Gasteiger partial charge in [0.2, 0.25) is 11.8 Å². The highest BCUT2D eigenvalue weighted by molar-refractivity contribution is 7.09. The molecule has 2 aromatic heterocycles. The zero-order valence-corrected chi connectivity index (χ0v) is 14.1. The Morgan fingerprint density at radius 1 is 1.35 bits per heavy atom. The molecule has 0 saturated carbocycles. The van der Waals surface area contributed by atoms with Crippen LogP contribution in [0.1, 0.15) is 30.1 Å². The third-order valence-corrected chi connectivity index (χ3v) is 4.78. The Kier molecular flexibility index (Phi) is 5.35. The van der Waals surface area contributed by atoms with Gasteiger partial charge in [-0.05, 0) is 0 Å². The number of piperazine rings is 1. The van der Waals surface area contributed by atoms with E-state index in [1.54, 1.807) is 17.5 Å². The zero-order chi connectivity index (χ0) is 16.1. The van der Waals surface area contributed by atoms with Gasteiger partial charge in [0.25, 0.3) is 0 Å². The van der Waals surface area contributed by atoms with E-state index in [2.05, 4.69) is 20.0 Å². The summed E-state index contributed by atoms with van der Waals surface area (Å²) in [6.45, 7) is 5.89. The molecule has 0 N–H and O–H groups in total. The second-order valence-electron chi connectivity index (χ2n) is 5.54. The highest BCUT2D eigenvalue weighted by Crippen LogP contribution is 2.11. The minimum atomic E-state index is 0.215. The molecule has 1 amide bonds. The van der Waals surface area contributed by atoms with Crippen molar-refractivity contribution in [1.29, 1.82) is 0 Å². The number of aryl methyl sites for hydroxylation is 2. The van der Waals surface area contributed by atoms with Gasteiger partial charge < -0.3 is 9.42 Å². The number of thiazole rings is 1. The van der Waals surface area contributed by atoms with Crippen LogP contribution >= 0.6 is 11.3 Å². The summed E-state index contributed by atoms with van der Waals surface area (Å²) in [5.41, 5.74) is 0. The van der Waals surface area contributed by atoms with Gasteiger partial charge in [0.05, 0.1) is 11.6 Å². The number of rotatable bonds is 6. The van der Waals surface area contributed by atoms with Crippen LogP contribution in [0.15, 0.2) is 16.1 Å². The average molecular weight is 335 g/mol. The van der Waals surface area contributed by atoms with Crippen LogP contribution in [-0.2, 0) is 24.2 Å². The number of nitrogens with zero attached hydrogens (tertiary/aromatic N) is 5. The standard InChI is InChI=1S/C15H21N5O2S/c1-2-13-17-12(18-22-13)11-19-6-8-20(9-7-19)15(21)4-3-14-16-5-10-23-14/h5,10H,2-4,6-9,11H2,1H3. The second-order valence-corrected chi connectivity index (χ2v) is 6.52. The number of hydrogen-bond acceptors (Lipinski definition) is 7. The molecule has 1 fully saturated rings. The molecule has 2 aromatic rings. The molecule has 0 unspecified atom stereocenters. The van der Waals surface area contributed by atoms with Crippen molar-refractivity contribution >= 4 is 17.2 Å². The summed E-state index contributed by atoms with van der Waals surface area (Å²) in [7, 11) is 0. The quantitative estimate of drug-likeness (QED) is 0.793. The molecule has 0 radical (unpaired) electrons. The van der Waals surface area contributed by atoms with Gasteiger partial charge in [-0.3, -0.25) is 9.69 Å². The Labute approximate surface area is 139 Å². The number of hydrogen-bond donors (Lipinski definition) is 0. The number of carbonyl (C=O) groups is 1. The highest BCUT2D eigenvalue weighted by Gasteiger charge is 2.22. The SMILES string of the molecule is CCc1nc(CN2CCN(C(=O)CCc3nccs3)CC2)no1. The van der Waals surface area contributed by atoms with Crippen molar-refractivity contribution in [2.45, 2.75) is 32.7 Å². The lowest BCUT2D eigenvalue weighted by atomic mass is 10.2. The molecule has 7 nitrogen and oxygen atoms in total. The number of carbonyl (C=O) groups excluding carboxylic acids is 1. The summed E-state index contributed by atoms with van der Waals surface area (Å²) < 4.78 is 5.12. The predicted octanol–water partition coefficient (Wildman–Crippen LogP) is 1.37. The molecule has 1 aliphatic heterocycles. The number of amides is 1. The van der Waals surface area contributed by atoms with Crippen LogP contribution in [-0.4, -0.2) is 57.0 Å². The monoisotopic (exact) mass is 335 g/mol. The molecule has 0 bridgehead atoms. The smallest absolute Gasteiger partial charge is 0.226 e. The van der Waals surface area contributed by atoms with Crippen LogP contribution in [0.25, 0.3) is 0 Å². The first-order valence-corrected chi connectivity index (χ1v) is 8.82. The predicted molar refractivity (Wildman–Crippen MR) is 86.0 cm³/mol. The Balaban J connectivity index is 1.41. The minimum absolute atomic E-state index is 0.215. The molecule has 0 atom stereocenters. The zero-order valence-electron chi connectivity index (χ0n) is 13.3. The normalized spacial score (nSPS) is 16.0. The third-order valence-electron chi connectivity index (χ3n) is 3.94. The van der Waals surface area contributed by atoms with Gasteiger partial charge in [0.15, 0.2) is 5.82 Å². The van der Waals surface area contributed by atoms with Crippen LogP contribution in [0.3, 0.4) is 0 Å². The Morgan fingerprint density at radius 3 is 2.83 bits per heavy atom. The molecule has 124 valence electrons. The Hall–Kier alpha value is -1.80. The summed E-state index contributed by atoms with van der Waals surface area (Å²) >= 11 is 1.60. The van der Waals surface area contributed by atoms with Gasteiger partial charge in [-0.15, -0.1) is 11.3 Å². The van der Waals surface area contributed by atoms with E-state index in [9.17, 15) is 4.79 Å². The fourth-order valence-corrected chi connectivity index (χ4v) is 3.22. The summed E-state index contributed by atoms with van der Waals surface area (Å²) in [5.74, 6) is 1.62. The fourth-order valence-electron chi connectivity index (χ4n) is 2.60. The van der Waals surface area contributed by atoms with Crippen LogP contribution in [0.4, 0.5) is 0 Å². The van der Waals surface area contributed by atoms with Crippen molar-refractivity contribution < 1.29 is 9.32 Å². The topological polar surface area (TPSA) is 75.4 Å². The van der Waals surface area contributed by atoms with Gasteiger partial charge >= 0.3 is 0 Å². The second kappa shape index (κ2) is 7.65. The first-order chi connectivity index (χ1) is 11.2. The van der Waals surface area contributed by atoms with Crippen molar-refractivity contribution in [3.63, 3.8) is 0 Å². The first kappa shape index (κ1) is 16.1. The fraction of sp³-hybridized carbons (Fsp3) is 0.600. The van der Waals surface area contributed by atoms with Crippen molar-refractivity contribution in [3.8, 4) is 0 Å². The maximum Gasteiger partial charge on any atom is 0.226 e. The van der Waals surface area contributed by atoms with Gasteiger partial charge in [-0.2, -0.15) is 4.98 Å². The molecule has 3 heterocycles. The Bertz CT molecular complexity index is 620. The van der Waals surface area contributed by atoms with Gasteiger partial charge in [0, 0.05) is 57.0 Å². The summed E-state index contributed by atoms with van der Waals surface area (Å²) in [5, 5.41) is 6.95. The van der Waals surface area contributed by atoms with Crippen molar-refractivity contribution in [2.24, 2.45) is 0 Å². The molecule has 1 aliphatic rings. The molecule has 1 saturated heterocycles. The van der Waals surface area contributed by atoms with Crippen molar-refractivity contribution in [3.05, 3.63) is 28.3 Å². The van der Waals surface area contributed by atoms with E-state index in [-0.39, 0.29) is 5.91 Å². The highest BCUT2D eigenvalue weighted by atomic mass is 32.1. The van der Waals surface area contributed by atoms with E-state index >= 15 is 0 Å². The molecule has 8 heteroatoms. The lowest BCUT2D eigenvalue weighted by Crippen LogP contribution is -2.48. The van der Waals surface area contributed by atoms with Gasteiger partial charge in [-0.25, -0.2) is 4.98 Å². The van der Waals surface area contributed by atoms with E-state index in [1.807, 2.05) is 17.2 Å². The van der Waals surface area contributed by atoms with Gasteiger partial charge in [-0.1, -0.05) is 12.1 Å². The summed E-state index contributed by atoms with van der Waals surface area (Å²) in [4.78, 5) is 25.0. The van der Waals surface area contributed by atoms with Crippen LogP contribution in [0, 0.1) is 0 Å². The van der Waals surface area contributed by atoms with Crippen molar-refractivity contribution in [2.75, 3.05) is 26.2 Å². The van der Waals surface area contributed by atoms with Gasteiger partial charge in [0.1, 0.15) is 0 Å². The maximum absolute atomic E-state index is 12.2. The van der Waals surface area contributed by atoms with Crippen LogP contribution in [0.2, 0.25) is 0 Å². The van der Waals surface area contributed by atoms with E-state index in [0.717, 1.165) is 49.9 Å². The molecular formula is C15H21N5O2S. The lowest BCUT2D eigenvalue weighted by molar-refractivity contribution is -0.133. The first-order valence-electron chi connectivity index (χ1n) is 7.94. The van der Waals surface area contributed by atoms with Crippen LogP contribution < -0.4 is 0 Å². The average Bonchev–Trinajstić information content (AvgIpc) is 3.25. The summed E-state index contributed by atoms with van der Waals surface area (Å²) in [6.07, 6.45) is 3.82. The largest absolute Gasteiger partial charge is 0.340 e. The maximum atomic E-state index is 12.2. The van der Waals surface area contributed by atoms with Crippen LogP contribution in [0.5, 0.6) is 0 Å². The summed E-state index contributed by atoms with van der Waals surface area (Å²) in [6, 6.07) is 0. The van der Waals surface area contributed by atoms with E-state index in [4.69, 9.17) is 4.52 Å². The Morgan fingerprint density at radius 2 is 2.17 bits per heavy atom. The lowest BCUT2D eigenvalue weighted by Gasteiger charge is -2.34. The third kappa shape index (κ3) is 4.35.